The Morgan fingerprint density at radius 2 is 2.05 bits per heavy atom. The van der Waals surface area contributed by atoms with Crippen molar-refractivity contribution in [1.29, 1.82) is 0 Å². The van der Waals surface area contributed by atoms with Crippen molar-refractivity contribution in [3.05, 3.63) is 33.8 Å². The van der Waals surface area contributed by atoms with Gasteiger partial charge < -0.3 is 10.1 Å². The number of benzene rings is 1. The molecule has 1 N–H and O–H groups in total. The van der Waals surface area contributed by atoms with E-state index in [1.165, 1.54) is 19.4 Å². The Morgan fingerprint density at radius 3 is 2.85 bits per heavy atom. The number of morpholine rings is 1. The van der Waals surface area contributed by atoms with Crippen molar-refractivity contribution in [2.24, 2.45) is 0 Å². The maximum Gasteiger partial charge on any atom is 0.0827 e. The van der Waals surface area contributed by atoms with Gasteiger partial charge in [-0.15, -0.1) is 0 Å². The fourth-order valence-corrected chi connectivity index (χ4v) is 3.67. The Hall–Kier alpha value is -0.320. The van der Waals surface area contributed by atoms with Crippen molar-refractivity contribution < 1.29 is 4.74 Å². The second-order valence-electron chi connectivity index (χ2n) is 5.65. The molecule has 2 saturated heterocycles. The van der Waals surface area contributed by atoms with E-state index in [1.54, 1.807) is 6.07 Å². The van der Waals surface area contributed by atoms with Gasteiger partial charge in [-0.05, 0) is 43.1 Å². The molecule has 20 heavy (non-hydrogen) atoms. The van der Waals surface area contributed by atoms with Crippen LogP contribution < -0.4 is 5.32 Å². The van der Waals surface area contributed by atoms with E-state index in [4.69, 9.17) is 27.9 Å². The highest BCUT2D eigenvalue weighted by Crippen LogP contribution is 2.22. The van der Waals surface area contributed by atoms with Gasteiger partial charge in [0.05, 0.1) is 12.7 Å². The number of hydrogen-bond acceptors (Lipinski definition) is 3. The molecule has 110 valence electrons. The molecule has 0 saturated carbocycles. The highest BCUT2D eigenvalue weighted by Gasteiger charge is 2.31. The van der Waals surface area contributed by atoms with E-state index in [0.29, 0.717) is 22.2 Å². The fourth-order valence-electron chi connectivity index (χ4n) is 3.10. The first-order valence-corrected chi connectivity index (χ1v) is 7.97. The number of halogens is 2. The van der Waals surface area contributed by atoms with Crippen molar-refractivity contribution in [1.82, 2.24) is 10.2 Å². The molecule has 1 aromatic rings. The van der Waals surface area contributed by atoms with Gasteiger partial charge in [-0.25, -0.2) is 0 Å². The molecule has 5 heteroatoms. The van der Waals surface area contributed by atoms with E-state index in [0.717, 1.165) is 31.8 Å². The van der Waals surface area contributed by atoms with Crippen LogP contribution in [-0.4, -0.2) is 43.3 Å². The van der Waals surface area contributed by atoms with Crippen LogP contribution in [0.2, 0.25) is 10.0 Å². The Labute approximate surface area is 130 Å². The molecule has 3 rings (SSSR count). The lowest BCUT2D eigenvalue weighted by Gasteiger charge is -2.35. The van der Waals surface area contributed by atoms with Gasteiger partial charge in [0.1, 0.15) is 0 Å². The molecule has 2 aliphatic rings. The Bertz CT molecular complexity index is 449. The van der Waals surface area contributed by atoms with Crippen LogP contribution >= 0.6 is 23.2 Å². The zero-order valence-corrected chi connectivity index (χ0v) is 13.0. The summed E-state index contributed by atoms with van der Waals surface area (Å²) in [5.41, 5.74) is 1.11. The zero-order valence-electron chi connectivity index (χ0n) is 11.4. The molecule has 0 aromatic heterocycles. The van der Waals surface area contributed by atoms with Gasteiger partial charge in [-0.3, -0.25) is 4.90 Å². The molecular weight excluding hydrogens is 295 g/mol. The van der Waals surface area contributed by atoms with Crippen molar-refractivity contribution in [2.75, 3.05) is 26.2 Å². The van der Waals surface area contributed by atoms with Gasteiger partial charge >= 0.3 is 0 Å². The first kappa shape index (κ1) is 14.6. The minimum atomic E-state index is 0.291. The molecule has 2 unspecified atom stereocenters. The first-order valence-electron chi connectivity index (χ1n) is 7.22. The van der Waals surface area contributed by atoms with Crippen LogP contribution in [0.25, 0.3) is 0 Å². The summed E-state index contributed by atoms with van der Waals surface area (Å²) in [5.74, 6) is 0. The molecule has 1 aromatic carbocycles. The fraction of sp³-hybridized carbons (Fsp3) is 0.600. The summed E-state index contributed by atoms with van der Waals surface area (Å²) in [4.78, 5) is 2.56. The van der Waals surface area contributed by atoms with E-state index in [1.807, 2.05) is 12.1 Å². The van der Waals surface area contributed by atoms with Gasteiger partial charge in [0.2, 0.25) is 0 Å². The third kappa shape index (κ3) is 3.66. The van der Waals surface area contributed by atoms with E-state index < -0.39 is 0 Å². The first-order chi connectivity index (χ1) is 9.70. The quantitative estimate of drug-likeness (QED) is 0.924. The lowest BCUT2D eigenvalue weighted by Crippen LogP contribution is -2.49. The van der Waals surface area contributed by atoms with Crippen molar-refractivity contribution in [2.45, 2.75) is 31.5 Å². The highest BCUT2D eigenvalue weighted by atomic mass is 35.5. The van der Waals surface area contributed by atoms with Gasteiger partial charge in [-0.1, -0.05) is 23.2 Å². The molecule has 2 heterocycles. The van der Waals surface area contributed by atoms with Crippen LogP contribution in [0.15, 0.2) is 18.2 Å². The minimum absolute atomic E-state index is 0.291. The van der Waals surface area contributed by atoms with Crippen molar-refractivity contribution in [3.63, 3.8) is 0 Å². The minimum Gasteiger partial charge on any atom is -0.374 e. The standard InChI is InChI=1S/C15H20Cl2N2O/c16-12-4-11(5-13(17)6-12)7-18-8-15-9-19-3-1-2-14(19)10-20-15/h4-6,14-15,18H,1-3,7-10H2. The van der Waals surface area contributed by atoms with E-state index in [9.17, 15) is 0 Å². The van der Waals surface area contributed by atoms with Crippen LogP contribution in [0.1, 0.15) is 18.4 Å². The number of nitrogens with one attached hydrogen (secondary N) is 1. The second kappa shape index (κ2) is 6.63. The summed E-state index contributed by atoms with van der Waals surface area (Å²) in [6, 6.07) is 6.31. The Balaban J connectivity index is 1.45. The predicted octanol–water partition coefficient (Wildman–Crippen LogP) is 2.95. The maximum atomic E-state index is 6.00. The SMILES string of the molecule is Clc1cc(Cl)cc(CNCC2CN3CCCC3CO2)c1. The smallest absolute Gasteiger partial charge is 0.0827 e. The van der Waals surface area contributed by atoms with Crippen LogP contribution in [-0.2, 0) is 11.3 Å². The van der Waals surface area contributed by atoms with E-state index >= 15 is 0 Å². The third-order valence-electron chi connectivity index (χ3n) is 4.09. The van der Waals surface area contributed by atoms with Crippen molar-refractivity contribution >= 4 is 23.2 Å². The predicted molar refractivity (Wildman–Crippen MR) is 82.5 cm³/mol. The molecule has 0 bridgehead atoms. The summed E-state index contributed by atoms with van der Waals surface area (Å²) in [5, 5.41) is 4.80. The molecule has 0 amide bonds. The highest BCUT2D eigenvalue weighted by molar-refractivity contribution is 6.34. The number of hydrogen-bond donors (Lipinski definition) is 1. The largest absolute Gasteiger partial charge is 0.374 e. The molecule has 0 aliphatic carbocycles. The van der Waals surface area contributed by atoms with Gasteiger partial charge in [-0.2, -0.15) is 0 Å². The lowest BCUT2D eigenvalue weighted by atomic mass is 10.2. The molecule has 0 radical (unpaired) electrons. The van der Waals surface area contributed by atoms with Crippen molar-refractivity contribution in [3.8, 4) is 0 Å². The summed E-state index contributed by atoms with van der Waals surface area (Å²) in [7, 11) is 0. The van der Waals surface area contributed by atoms with Crippen LogP contribution in [0, 0.1) is 0 Å². The Kier molecular flexibility index (Phi) is 4.84. The second-order valence-corrected chi connectivity index (χ2v) is 6.53. The Morgan fingerprint density at radius 1 is 1.25 bits per heavy atom. The summed E-state index contributed by atoms with van der Waals surface area (Å²) in [6.07, 6.45) is 2.90. The average molecular weight is 315 g/mol. The zero-order chi connectivity index (χ0) is 13.9. The summed E-state index contributed by atoms with van der Waals surface area (Å²) in [6.45, 7) is 4.80. The maximum absolute atomic E-state index is 6.00. The number of ether oxygens (including phenoxy) is 1. The van der Waals surface area contributed by atoms with Gasteiger partial charge in [0.15, 0.2) is 0 Å². The molecule has 3 nitrogen and oxygen atoms in total. The van der Waals surface area contributed by atoms with Gasteiger partial charge in [0, 0.05) is 35.7 Å². The van der Waals surface area contributed by atoms with Crippen LogP contribution in [0.5, 0.6) is 0 Å². The molecule has 2 aliphatic heterocycles. The van der Waals surface area contributed by atoms with Gasteiger partial charge in [0.25, 0.3) is 0 Å². The monoisotopic (exact) mass is 314 g/mol. The number of fused-ring (bicyclic) bond motifs is 1. The van der Waals surface area contributed by atoms with Crippen LogP contribution in [0.4, 0.5) is 0 Å². The van der Waals surface area contributed by atoms with E-state index in [2.05, 4.69) is 10.2 Å². The third-order valence-corrected chi connectivity index (χ3v) is 4.52. The summed E-state index contributed by atoms with van der Waals surface area (Å²) < 4.78 is 5.92. The lowest BCUT2D eigenvalue weighted by molar-refractivity contribution is -0.0470. The summed E-state index contributed by atoms with van der Waals surface area (Å²) >= 11 is 12.0. The average Bonchev–Trinajstić information content (AvgIpc) is 2.85. The van der Waals surface area contributed by atoms with E-state index in [-0.39, 0.29) is 0 Å². The number of nitrogens with zero attached hydrogens (tertiary/aromatic N) is 1. The normalized spacial score (nSPS) is 26.7. The number of rotatable bonds is 4. The molecule has 0 spiro atoms. The topological polar surface area (TPSA) is 24.5 Å². The molecule has 2 fully saturated rings. The molecule has 2 atom stereocenters. The molecular formula is C15H20Cl2N2O. The van der Waals surface area contributed by atoms with Crippen LogP contribution in [0.3, 0.4) is 0 Å².